The smallest absolute Gasteiger partial charge is 0.274 e. The second-order valence-corrected chi connectivity index (χ2v) is 7.36. The molecule has 3 aliphatic rings. The maximum atomic E-state index is 12.9. The lowest BCUT2D eigenvalue weighted by Gasteiger charge is -2.36. The number of nitrogens with one attached hydrogen (secondary N) is 1. The molecule has 4 rings (SSSR count). The third-order valence-corrected chi connectivity index (χ3v) is 5.73. The molecular formula is C18H26N4O2. The van der Waals surface area contributed by atoms with Crippen LogP contribution in [0.1, 0.15) is 60.3 Å². The lowest BCUT2D eigenvalue weighted by molar-refractivity contribution is -0.137. The van der Waals surface area contributed by atoms with E-state index < -0.39 is 0 Å². The molecule has 1 aromatic heterocycles. The predicted molar refractivity (Wildman–Crippen MR) is 89.7 cm³/mol. The predicted octanol–water partition coefficient (Wildman–Crippen LogP) is 1.76. The number of aromatic amines is 1. The lowest BCUT2D eigenvalue weighted by atomic mass is 9.95. The van der Waals surface area contributed by atoms with Crippen LogP contribution in [0.3, 0.4) is 0 Å². The molecule has 0 radical (unpaired) electrons. The number of likely N-dealkylation sites (tertiary alicyclic amines) is 2. The van der Waals surface area contributed by atoms with E-state index in [1.165, 1.54) is 6.42 Å². The Kier molecular flexibility index (Phi) is 4.29. The molecule has 2 saturated heterocycles. The van der Waals surface area contributed by atoms with Gasteiger partial charge in [-0.05, 0) is 51.4 Å². The van der Waals surface area contributed by atoms with Gasteiger partial charge in [0.05, 0.1) is 5.92 Å². The second kappa shape index (κ2) is 6.57. The van der Waals surface area contributed by atoms with Crippen molar-refractivity contribution in [3.05, 3.63) is 17.0 Å². The van der Waals surface area contributed by atoms with Crippen LogP contribution in [0, 0.1) is 5.92 Å². The molecule has 1 aromatic rings. The molecule has 1 N–H and O–H groups in total. The number of piperidine rings is 2. The zero-order valence-corrected chi connectivity index (χ0v) is 14.2. The van der Waals surface area contributed by atoms with Crippen molar-refractivity contribution in [1.29, 1.82) is 0 Å². The van der Waals surface area contributed by atoms with Crippen LogP contribution in [0.25, 0.3) is 0 Å². The van der Waals surface area contributed by atoms with E-state index in [2.05, 4.69) is 10.2 Å². The molecule has 0 aromatic carbocycles. The van der Waals surface area contributed by atoms with Crippen molar-refractivity contribution in [2.45, 2.75) is 51.4 Å². The largest absolute Gasteiger partial charge is 0.342 e. The van der Waals surface area contributed by atoms with E-state index in [0.29, 0.717) is 12.2 Å². The summed E-state index contributed by atoms with van der Waals surface area (Å²) in [5.74, 6) is 0.220. The fraction of sp³-hybridized carbons (Fsp3) is 0.722. The molecule has 130 valence electrons. The Morgan fingerprint density at radius 3 is 2.58 bits per heavy atom. The summed E-state index contributed by atoms with van der Waals surface area (Å²) in [6, 6.07) is 0. The Morgan fingerprint density at radius 2 is 1.75 bits per heavy atom. The maximum absolute atomic E-state index is 12.9. The van der Waals surface area contributed by atoms with Gasteiger partial charge < -0.3 is 9.80 Å². The van der Waals surface area contributed by atoms with Crippen molar-refractivity contribution >= 4 is 11.8 Å². The first-order chi connectivity index (χ1) is 11.7. The van der Waals surface area contributed by atoms with Crippen LogP contribution in [-0.4, -0.2) is 58.0 Å². The number of fused-ring (bicyclic) bond motifs is 1. The highest BCUT2D eigenvalue weighted by Crippen LogP contribution is 2.26. The van der Waals surface area contributed by atoms with Gasteiger partial charge in [0.2, 0.25) is 5.91 Å². The van der Waals surface area contributed by atoms with Crippen molar-refractivity contribution in [2.24, 2.45) is 5.92 Å². The minimum Gasteiger partial charge on any atom is -0.342 e. The molecular weight excluding hydrogens is 304 g/mol. The summed E-state index contributed by atoms with van der Waals surface area (Å²) in [6.45, 7) is 3.06. The number of amides is 2. The van der Waals surface area contributed by atoms with Crippen LogP contribution in [0.2, 0.25) is 0 Å². The summed E-state index contributed by atoms with van der Waals surface area (Å²) < 4.78 is 0. The van der Waals surface area contributed by atoms with Gasteiger partial charge in [-0.1, -0.05) is 0 Å². The van der Waals surface area contributed by atoms with Gasteiger partial charge in [-0.3, -0.25) is 14.7 Å². The standard InChI is InChI=1S/C18H26N4O2/c23-17(21-9-2-1-3-10-21)13-6-5-11-22(12-13)18(24)16-14-7-4-8-15(14)19-20-16/h13H,1-12H2,(H,19,20)/t13-/m1/s1. The zero-order chi connectivity index (χ0) is 16.5. The van der Waals surface area contributed by atoms with Crippen molar-refractivity contribution in [2.75, 3.05) is 26.2 Å². The average molecular weight is 330 g/mol. The van der Waals surface area contributed by atoms with Crippen molar-refractivity contribution in [3.8, 4) is 0 Å². The average Bonchev–Trinajstić information content (AvgIpc) is 3.25. The van der Waals surface area contributed by atoms with E-state index >= 15 is 0 Å². The van der Waals surface area contributed by atoms with Gasteiger partial charge in [0.1, 0.15) is 0 Å². The fourth-order valence-corrected chi connectivity index (χ4v) is 4.38. The third kappa shape index (κ3) is 2.82. The van der Waals surface area contributed by atoms with Crippen molar-refractivity contribution in [1.82, 2.24) is 20.0 Å². The topological polar surface area (TPSA) is 69.3 Å². The number of aromatic nitrogens is 2. The molecule has 1 aliphatic carbocycles. The molecule has 1 atom stereocenters. The summed E-state index contributed by atoms with van der Waals surface area (Å²) in [6.07, 6.45) is 8.29. The van der Waals surface area contributed by atoms with Crippen LogP contribution >= 0.6 is 0 Å². The number of carbonyl (C=O) groups is 2. The summed E-state index contributed by atoms with van der Waals surface area (Å²) in [5, 5.41) is 7.28. The number of hydrogen-bond donors (Lipinski definition) is 1. The number of nitrogens with zero attached hydrogens (tertiary/aromatic N) is 3. The van der Waals surface area contributed by atoms with E-state index in [9.17, 15) is 9.59 Å². The summed E-state index contributed by atoms with van der Waals surface area (Å²) in [4.78, 5) is 29.5. The van der Waals surface area contributed by atoms with Crippen molar-refractivity contribution in [3.63, 3.8) is 0 Å². The van der Waals surface area contributed by atoms with Gasteiger partial charge in [-0.2, -0.15) is 5.10 Å². The Hall–Kier alpha value is -1.85. The number of hydrogen-bond acceptors (Lipinski definition) is 3. The first-order valence-electron chi connectivity index (χ1n) is 9.38. The van der Waals surface area contributed by atoms with Gasteiger partial charge in [0.25, 0.3) is 5.91 Å². The zero-order valence-electron chi connectivity index (χ0n) is 14.2. The van der Waals surface area contributed by atoms with Gasteiger partial charge in [0.15, 0.2) is 5.69 Å². The molecule has 0 unspecified atom stereocenters. The van der Waals surface area contributed by atoms with Gasteiger partial charge in [-0.15, -0.1) is 0 Å². The summed E-state index contributed by atoms with van der Waals surface area (Å²) in [5.41, 5.74) is 2.81. The molecule has 24 heavy (non-hydrogen) atoms. The van der Waals surface area contributed by atoms with E-state index in [-0.39, 0.29) is 17.7 Å². The molecule has 0 saturated carbocycles. The van der Waals surface area contributed by atoms with Crippen LogP contribution in [0.5, 0.6) is 0 Å². The highest BCUT2D eigenvalue weighted by molar-refractivity contribution is 5.94. The summed E-state index contributed by atoms with van der Waals surface area (Å²) >= 11 is 0. The van der Waals surface area contributed by atoms with Crippen LogP contribution in [0.15, 0.2) is 0 Å². The minimum absolute atomic E-state index is 0.00513. The van der Waals surface area contributed by atoms with Gasteiger partial charge >= 0.3 is 0 Å². The Labute approximate surface area is 142 Å². The van der Waals surface area contributed by atoms with Crippen molar-refractivity contribution < 1.29 is 9.59 Å². The van der Waals surface area contributed by atoms with E-state index in [1.54, 1.807) is 0 Å². The fourth-order valence-electron chi connectivity index (χ4n) is 4.38. The Morgan fingerprint density at radius 1 is 0.958 bits per heavy atom. The highest BCUT2D eigenvalue weighted by Gasteiger charge is 2.34. The van der Waals surface area contributed by atoms with Crippen LogP contribution in [0.4, 0.5) is 0 Å². The summed E-state index contributed by atoms with van der Waals surface area (Å²) in [7, 11) is 0. The highest BCUT2D eigenvalue weighted by atomic mass is 16.2. The monoisotopic (exact) mass is 330 g/mol. The molecule has 2 fully saturated rings. The number of H-pyrrole nitrogens is 1. The molecule has 3 heterocycles. The van der Waals surface area contributed by atoms with Gasteiger partial charge in [-0.25, -0.2) is 0 Å². The molecule has 0 spiro atoms. The van der Waals surface area contributed by atoms with Crippen LogP contribution < -0.4 is 0 Å². The molecule has 6 nitrogen and oxygen atoms in total. The SMILES string of the molecule is O=C(c1n[nH]c2c1CCC2)N1CCC[C@@H](C(=O)N2CCCCC2)C1. The second-order valence-electron chi connectivity index (χ2n) is 7.36. The minimum atomic E-state index is -0.0345. The molecule has 0 bridgehead atoms. The van der Waals surface area contributed by atoms with E-state index in [0.717, 1.165) is 75.8 Å². The van der Waals surface area contributed by atoms with E-state index in [4.69, 9.17) is 0 Å². The first-order valence-corrected chi connectivity index (χ1v) is 9.38. The lowest BCUT2D eigenvalue weighted by Crippen LogP contribution is -2.48. The third-order valence-electron chi connectivity index (χ3n) is 5.73. The Bertz CT molecular complexity index is 633. The molecule has 2 aliphatic heterocycles. The number of aryl methyl sites for hydroxylation is 1. The van der Waals surface area contributed by atoms with E-state index in [1.807, 2.05) is 9.80 Å². The maximum Gasteiger partial charge on any atom is 0.274 e. The normalized spacial score (nSPS) is 24.1. The molecule has 6 heteroatoms. The quantitative estimate of drug-likeness (QED) is 0.898. The number of rotatable bonds is 2. The van der Waals surface area contributed by atoms with Gasteiger partial charge in [0, 0.05) is 37.4 Å². The Balaban J connectivity index is 1.44. The first kappa shape index (κ1) is 15.7. The molecule has 2 amide bonds. The number of carbonyl (C=O) groups excluding carboxylic acids is 2. The van der Waals surface area contributed by atoms with Crippen LogP contribution in [-0.2, 0) is 17.6 Å².